The molecule has 2 amide bonds. The molecule has 0 spiro atoms. The molecular weight excluding hydrogens is 428 g/mol. The van der Waals surface area contributed by atoms with Crippen molar-refractivity contribution in [1.82, 2.24) is 4.90 Å². The minimum atomic E-state index is -0.521. The topological polar surface area (TPSA) is 93.7 Å². The molecule has 3 aromatic rings. The van der Waals surface area contributed by atoms with Crippen LogP contribution in [0.15, 0.2) is 70.0 Å². The molecule has 0 saturated carbocycles. The Balaban J connectivity index is 1.57. The molecule has 1 aliphatic heterocycles. The highest BCUT2D eigenvalue weighted by atomic mass is 35.5. The average molecular weight is 441 g/mol. The number of hydrogen-bond donors (Lipinski definition) is 0. The molecule has 0 bridgehead atoms. The Morgan fingerprint density at radius 3 is 2.60 bits per heavy atom. The zero-order chi connectivity index (χ0) is 21.3. The summed E-state index contributed by atoms with van der Waals surface area (Å²) >= 11 is 6.98. The van der Waals surface area contributed by atoms with Gasteiger partial charge in [-0.2, -0.15) is 0 Å². The van der Waals surface area contributed by atoms with Crippen LogP contribution >= 0.6 is 23.4 Å². The standard InChI is InChI=1S/C21H13ClN2O5S/c22-17-8-6-14(24(27)28)10-16(17)18-9-7-15(29-18)11-19-20(25)23(21(26)30-19)12-13-4-2-1-3-5-13/h1-11H,12H2/b19-11-. The second-order valence-corrected chi connectivity index (χ2v) is 7.78. The number of benzene rings is 2. The van der Waals surface area contributed by atoms with Crippen LogP contribution in [0.3, 0.4) is 0 Å². The van der Waals surface area contributed by atoms with Crippen molar-refractivity contribution >= 4 is 46.3 Å². The Morgan fingerprint density at radius 1 is 1.10 bits per heavy atom. The Morgan fingerprint density at radius 2 is 1.87 bits per heavy atom. The Kier molecular flexibility index (Phi) is 5.43. The molecule has 1 saturated heterocycles. The number of rotatable bonds is 5. The van der Waals surface area contributed by atoms with Gasteiger partial charge in [0, 0.05) is 23.8 Å². The molecule has 2 aromatic carbocycles. The zero-order valence-electron chi connectivity index (χ0n) is 15.3. The molecular formula is C21H13ClN2O5S. The number of amides is 2. The van der Waals surface area contributed by atoms with Crippen LogP contribution in [0.5, 0.6) is 0 Å². The van der Waals surface area contributed by atoms with Crippen molar-refractivity contribution in [2.75, 3.05) is 0 Å². The molecule has 1 fully saturated rings. The maximum absolute atomic E-state index is 12.7. The molecule has 4 rings (SSSR count). The molecule has 0 aliphatic carbocycles. The Labute approximate surface area is 180 Å². The van der Waals surface area contributed by atoms with Gasteiger partial charge in [-0.15, -0.1) is 0 Å². The van der Waals surface area contributed by atoms with Gasteiger partial charge in [-0.25, -0.2) is 0 Å². The molecule has 9 heteroatoms. The SMILES string of the molecule is O=C1S/C(=C\c2ccc(-c3cc([N+](=O)[O-])ccc3Cl)o2)C(=O)N1Cc1ccccc1. The Bertz CT molecular complexity index is 1190. The van der Waals surface area contributed by atoms with E-state index in [1.807, 2.05) is 30.3 Å². The van der Waals surface area contributed by atoms with Gasteiger partial charge in [0.05, 0.1) is 21.4 Å². The Hall–Kier alpha value is -3.36. The quantitative estimate of drug-likeness (QED) is 0.285. The van der Waals surface area contributed by atoms with Crippen molar-refractivity contribution in [3.05, 3.63) is 92.0 Å². The first-order valence-corrected chi connectivity index (χ1v) is 9.95. The highest BCUT2D eigenvalue weighted by molar-refractivity contribution is 8.18. The fourth-order valence-corrected chi connectivity index (χ4v) is 3.95. The number of imide groups is 1. The van der Waals surface area contributed by atoms with Gasteiger partial charge in [-0.05, 0) is 35.5 Å². The van der Waals surface area contributed by atoms with Gasteiger partial charge in [0.15, 0.2) is 0 Å². The fraction of sp³-hybridized carbons (Fsp3) is 0.0476. The number of nitro benzene ring substituents is 1. The lowest BCUT2D eigenvalue weighted by molar-refractivity contribution is -0.384. The number of nitro groups is 1. The minimum absolute atomic E-state index is 0.116. The number of non-ortho nitro benzene ring substituents is 1. The molecule has 0 radical (unpaired) electrons. The lowest BCUT2D eigenvalue weighted by atomic mass is 10.1. The third kappa shape index (κ3) is 4.00. The first kappa shape index (κ1) is 19.9. The third-order valence-electron chi connectivity index (χ3n) is 4.38. The van der Waals surface area contributed by atoms with Gasteiger partial charge in [0.1, 0.15) is 11.5 Å². The lowest BCUT2D eigenvalue weighted by Gasteiger charge is -2.11. The smallest absolute Gasteiger partial charge is 0.293 e. The molecule has 0 atom stereocenters. The maximum Gasteiger partial charge on any atom is 0.293 e. The second-order valence-electron chi connectivity index (χ2n) is 6.38. The fourth-order valence-electron chi connectivity index (χ4n) is 2.92. The van der Waals surface area contributed by atoms with Crippen LogP contribution in [0, 0.1) is 10.1 Å². The van der Waals surface area contributed by atoms with Gasteiger partial charge in [-0.1, -0.05) is 41.9 Å². The van der Waals surface area contributed by atoms with Gasteiger partial charge < -0.3 is 4.42 Å². The molecule has 1 aromatic heterocycles. The van der Waals surface area contributed by atoms with Crippen LogP contribution in [0.1, 0.15) is 11.3 Å². The first-order chi connectivity index (χ1) is 14.4. The van der Waals surface area contributed by atoms with E-state index in [1.54, 1.807) is 12.1 Å². The molecule has 150 valence electrons. The van der Waals surface area contributed by atoms with E-state index in [9.17, 15) is 19.7 Å². The summed E-state index contributed by atoms with van der Waals surface area (Å²) in [7, 11) is 0. The van der Waals surface area contributed by atoms with E-state index >= 15 is 0 Å². The van der Waals surface area contributed by atoms with E-state index in [0.717, 1.165) is 17.3 Å². The van der Waals surface area contributed by atoms with Crippen molar-refractivity contribution in [3.63, 3.8) is 0 Å². The summed E-state index contributed by atoms with van der Waals surface area (Å²) < 4.78 is 5.71. The van der Waals surface area contributed by atoms with Crippen molar-refractivity contribution in [1.29, 1.82) is 0 Å². The van der Waals surface area contributed by atoms with Crippen molar-refractivity contribution < 1.29 is 18.9 Å². The molecule has 0 unspecified atom stereocenters. The van der Waals surface area contributed by atoms with E-state index in [2.05, 4.69) is 0 Å². The number of furan rings is 1. The van der Waals surface area contributed by atoms with E-state index in [1.165, 1.54) is 29.2 Å². The van der Waals surface area contributed by atoms with E-state index in [-0.39, 0.29) is 22.4 Å². The number of hydrogen-bond acceptors (Lipinski definition) is 6. The van der Waals surface area contributed by atoms with Crippen LogP contribution in [0.25, 0.3) is 17.4 Å². The van der Waals surface area contributed by atoms with Gasteiger partial charge in [0.25, 0.3) is 16.8 Å². The predicted octanol–water partition coefficient (Wildman–Crippen LogP) is 5.74. The average Bonchev–Trinajstić information content (AvgIpc) is 3.29. The highest BCUT2D eigenvalue weighted by Crippen LogP contribution is 2.36. The summed E-state index contributed by atoms with van der Waals surface area (Å²) in [5, 5.41) is 10.9. The number of halogens is 1. The van der Waals surface area contributed by atoms with Crippen LogP contribution in [-0.2, 0) is 11.3 Å². The third-order valence-corrected chi connectivity index (χ3v) is 5.62. The summed E-state index contributed by atoms with van der Waals surface area (Å²) in [6.07, 6.45) is 1.48. The molecule has 2 heterocycles. The van der Waals surface area contributed by atoms with Crippen LogP contribution in [0.4, 0.5) is 10.5 Å². The zero-order valence-corrected chi connectivity index (χ0v) is 16.9. The molecule has 1 aliphatic rings. The van der Waals surface area contributed by atoms with E-state index < -0.39 is 10.8 Å². The number of carbonyl (C=O) groups excluding carboxylic acids is 2. The first-order valence-electron chi connectivity index (χ1n) is 8.76. The second kappa shape index (κ2) is 8.17. The van der Waals surface area contributed by atoms with Crippen LogP contribution < -0.4 is 0 Å². The van der Waals surface area contributed by atoms with Crippen molar-refractivity contribution in [3.8, 4) is 11.3 Å². The summed E-state index contributed by atoms with van der Waals surface area (Å²) in [6, 6.07) is 16.5. The molecule has 7 nitrogen and oxygen atoms in total. The normalized spacial score (nSPS) is 15.2. The highest BCUT2D eigenvalue weighted by Gasteiger charge is 2.35. The van der Waals surface area contributed by atoms with E-state index in [4.69, 9.17) is 16.0 Å². The monoisotopic (exact) mass is 440 g/mol. The minimum Gasteiger partial charge on any atom is -0.457 e. The number of nitrogens with zero attached hydrogens (tertiary/aromatic N) is 2. The summed E-state index contributed by atoms with van der Waals surface area (Å²) in [5.41, 5.74) is 1.10. The summed E-state index contributed by atoms with van der Waals surface area (Å²) in [4.78, 5) is 36.8. The number of carbonyl (C=O) groups is 2. The van der Waals surface area contributed by atoms with Gasteiger partial charge in [-0.3, -0.25) is 24.6 Å². The van der Waals surface area contributed by atoms with Gasteiger partial charge in [0.2, 0.25) is 0 Å². The van der Waals surface area contributed by atoms with Crippen molar-refractivity contribution in [2.24, 2.45) is 0 Å². The van der Waals surface area contributed by atoms with Crippen LogP contribution in [-0.4, -0.2) is 21.0 Å². The largest absolute Gasteiger partial charge is 0.457 e. The number of thioether (sulfide) groups is 1. The van der Waals surface area contributed by atoms with Gasteiger partial charge >= 0.3 is 0 Å². The molecule has 30 heavy (non-hydrogen) atoms. The molecule has 0 N–H and O–H groups in total. The summed E-state index contributed by atoms with van der Waals surface area (Å²) in [5.74, 6) is 0.247. The van der Waals surface area contributed by atoms with E-state index in [0.29, 0.717) is 22.1 Å². The van der Waals surface area contributed by atoms with Crippen molar-refractivity contribution in [2.45, 2.75) is 6.54 Å². The lowest BCUT2D eigenvalue weighted by Crippen LogP contribution is -2.27. The summed E-state index contributed by atoms with van der Waals surface area (Å²) in [6.45, 7) is 0.190. The maximum atomic E-state index is 12.7. The predicted molar refractivity (Wildman–Crippen MR) is 114 cm³/mol. The van der Waals surface area contributed by atoms with Crippen LogP contribution in [0.2, 0.25) is 5.02 Å².